The summed E-state index contributed by atoms with van der Waals surface area (Å²) >= 11 is 6.09. The molecule has 0 radical (unpaired) electrons. The molecule has 2 aromatic carbocycles. The van der Waals surface area contributed by atoms with Crippen LogP contribution in [0, 0.1) is 5.92 Å². The molecule has 0 amide bonds. The molecule has 35 heavy (non-hydrogen) atoms. The molecule has 1 N–H and O–H groups in total. The molecule has 2 fully saturated rings. The molecule has 2 aliphatic rings. The third-order valence-corrected chi connectivity index (χ3v) is 8.32. The van der Waals surface area contributed by atoms with Crippen molar-refractivity contribution < 1.29 is 17.3 Å². The number of likely N-dealkylation sites (tertiary alicyclic amines) is 1. The first-order valence-electron chi connectivity index (χ1n) is 13.3. The molecular formula is C29H37Cl2N3O. The second-order valence-electron chi connectivity index (χ2n) is 10.4. The van der Waals surface area contributed by atoms with Gasteiger partial charge in [-0.25, -0.2) is 4.68 Å². The van der Waals surface area contributed by atoms with Crippen molar-refractivity contribution in [2.75, 3.05) is 19.6 Å². The highest BCUT2D eigenvalue weighted by atomic mass is 35.5. The van der Waals surface area contributed by atoms with Crippen LogP contribution in [0.25, 0.3) is 10.8 Å². The molecule has 6 heteroatoms. The highest BCUT2D eigenvalue weighted by Gasteiger charge is 2.25. The van der Waals surface area contributed by atoms with E-state index in [4.69, 9.17) is 16.7 Å². The van der Waals surface area contributed by atoms with Gasteiger partial charge in [-0.3, -0.25) is 4.79 Å². The summed E-state index contributed by atoms with van der Waals surface area (Å²) in [6, 6.07) is 16.1. The van der Waals surface area contributed by atoms with Crippen LogP contribution in [0.2, 0.25) is 5.02 Å². The van der Waals surface area contributed by atoms with Crippen LogP contribution in [-0.4, -0.2) is 29.4 Å². The summed E-state index contributed by atoms with van der Waals surface area (Å²) in [6.45, 7) is 3.66. The van der Waals surface area contributed by atoms with Crippen LogP contribution in [0.4, 0.5) is 0 Å². The average molecular weight is 515 g/mol. The molecule has 188 valence electrons. The maximum Gasteiger partial charge on any atom is 0.274 e. The van der Waals surface area contributed by atoms with Crippen molar-refractivity contribution in [3.8, 4) is 0 Å². The lowest BCUT2D eigenvalue weighted by molar-refractivity contribution is -0.900. The quantitative estimate of drug-likeness (QED) is 0.548. The number of hydrogen-bond donors (Lipinski definition) is 1. The van der Waals surface area contributed by atoms with E-state index in [1.54, 1.807) is 4.90 Å². The number of aromatic nitrogens is 2. The van der Waals surface area contributed by atoms with Crippen LogP contribution in [0.3, 0.4) is 0 Å². The lowest BCUT2D eigenvalue weighted by Crippen LogP contribution is -3.11. The van der Waals surface area contributed by atoms with Crippen LogP contribution in [-0.2, 0) is 6.42 Å². The fourth-order valence-electron chi connectivity index (χ4n) is 6.05. The van der Waals surface area contributed by atoms with Crippen LogP contribution in [0.5, 0.6) is 0 Å². The van der Waals surface area contributed by atoms with Gasteiger partial charge in [0, 0.05) is 23.3 Å². The van der Waals surface area contributed by atoms with Crippen molar-refractivity contribution in [2.24, 2.45) is 5.92 Å². The zero-order valence-corrected chi connectivity index (χ0v) is 22.0. The maximum absolute atomic E-state index is 13.5. The number of hydrogen-bond acceptors (Lipinski definition) is 2. The van der Waals surface area contributed by atoms with Gasteiger partial charge in [-0.05, 0) is 48.9 Å². The summed E-state index contributed by atoms with van der Waals surface area (Å²) < 4.78 is 1.83. The minimum absolute atomic E-state index is 0. The topological polar surface area (TPSA) is 39.3 Å². The Bertz CT molecular complexity index is 1150. The summed E-state index contributed by atoms with van der Waals surface area (Å²) in [5.41, 5.74) is 2.20. The van der Waals surface area contributed by atoms with Crippen molar-refractivity contribution in [3.63, 3.8) is 0 Å². The Morgan fingerprint density at radius 2 is 1.63 bits per heavy atom. The van der Waals surface area contributed by atoms with E-state index in [1.807, 2.05) is 53.2 Å². The van der Waals surface area contributed by atoms with E-state index in [9.17, 15) is 4.79 Å². The Labute approximate surface area is 220 Å². The second kappa shape index (κ2) is 12.4. The molecule has 0 spiro atoms. The van der Waals surface area contributed by atoms with Crippen LogP contribution in [0.15, 0.2) is 53.3 Å². The monoisotopic (exact) mass is 513 g/mol. The number of halogens is 2. The van der Waals surface area contributed by atoms with Gasteiger partial charge in [0.2, 0.25) is 0 Å². The third kappa shape index (κ3) is 6.47. The molecule has 2 heterocycles. The highest BCUT2D eigenvalue weighted by molar-refractivity contribution is 6.30. The standard InChI is InChI=1S/C29H36ClN3O.ClH/c30-24-14-12-23(13-15-24)21-28-26-10-4-5-11-27(26)29(34)33(31-28)25-9-6-18-32(20-17-25)19-16-22-7-2-1-3-8-22;/h4-5,10-15,22,25H,1-3,6-9,16-21H2;1H. The third-order valence-electron chi connectivity index (χ3n) is 8.07. The molecule has 4 nitrogen and oxygen atoms in total. The summed E-state index contributed by atoms with van der Waals surface area (Å²) in [6.07, 6.45) is 12.5. The Kier molecular flexibility index (Phi) is 9.27. The number of nitrogens with one attached hydrogen (secondary N) is 1. The number of nitrogens with zero attached hydrogens (tertiary/aromatic N) is 2. The van der Waals surface area contributed by atoms with Crippen molar-refractivity contribution in [3.05, 3.63) is 75.2 Å². The molecule has 1 aromatic heterocycles. The highest BCUT2D eigenvalue weighted by Crippen LogP contribution is 2.26. The summed E-state index contributed by atoms with van der Waals surface area (Å²) in [5, 5.41) is 7.48. The molecule has 3 aromatic rings. The number of rotatable bonds is 6. The van der Waals surface area contributed by atoms with E-state index < -0.39 is 0 Å². The van der Waals surface area contributed by atoms with Gasteiger partial charge in [-0.15, -0.1) is 0 Å². The van der Waals surface area contributed by atoms with E-state index in [0.29, 0.717) is 6.42 Å². The van der Waals surface area contributed by atoms with Gasteiger partial charge in [-0.1, -0.05) is 74.0 Å². The Morgan fingerprint density at radius 1 is 0.886 bits per heavy atom. The molecular weight excluding hydrogens is 477 g/mol. The number of fused-ring (bicyclic) bond motifs is 1. The van der Waals surface area contributed by atoms with Gasteiger partial charge in [-0.2, -0.15) is 5.10 Å². The van der Waals surface area contributed by atoms with E-state index in [0.717, 1.165) is 58.8 Å². The fraction of sp³-hybridized carbons (Fsp3) is 0.517. The first-order chi connectivity index (χ1) is 16.7. The zero-order valence-electron chi connectivity index (χ0n) is 20.5. The Hall–Kier alpha value is -1.88. The molecule has 1 saturated carbocycles. The minimum atomic E-state index is 0. The minimum Gasteiger partial charge on any atom is -1.00 e. The lowest BCUT2D eigenvalue weighted by Gasteiger charge is -2.24. The van der Waals surface area contributed by atoms with Gasteiger partial charge in [0.15, 0.2) is 0 Å². The fourth-order valence-corrected chi connectivity index (χ4v) is 6.18. The van der Waals surface area contributed by atoms with E-state index in [2.05, 4.69) is 0 Å². The van der Waals surface area contributed by atoms with Gasteiger partial charge in [0.1, 0.15) is 0 Å². The van der Waals surface area contributed by atoms with Crippen molar-refractivity contribution in [2.45, 2.75) is 70.3 Å². The zero-order chi connectivity index (χ0) is 23.3. The van der Waals surface area contributed by atoms with Gasteiger partial charge in [0.05, 0.1) is 36.8 Å². The van der Waals surface area contributed by atoms with Crippen molar-refractivity contribution in [1.82, 2.24) is 9.78 Å². The van der Waals surface area contributed by atoms with Gasteiger partial charge in [0.25, 0.3) is 5.56 Å². The predicted octanol–water partition coefficient (Wildman–Crippen LogP) is 2.22. The molecule has 1 aliphatic carbocycles. The van der Waals surface area contributed by atoms with E-state index in [1.165, 1.54) is 51.6 Å². The summed E-state index contributed by atoms with van der Waals surface area (Å²) in [7, 11) is 0. The smallest absolute Gasteiger partial charge is 0.274 e. The first kappa shape index (κ1) is 26.2. The SMILES string of the molecule is O=c1c2ccccc2c(Cc2ccc(Cl)cc2)nn1C1CCC[NH+](CCC2CCCCC2)CC1.[Cl-]. The molecule has 2 atom stereocenters. The molecule has 1 aliphatic heterocycles. The maximum atomic E-state index is 13.5. The molecule has 0 bridgehead atoms. The van der Waals surface area contributed by atoms with Gasteiger partial charge >= 0.3 is 0 Å². The van der Waals surface area contributed by atoms with Crippen LogP contribution in [0.1, 0.15) is 75.1 Å². The van der Waals surface area contributed by atoms with Crippen LogP contribution < -0.4 is 22.9 Å². The molecule has 5 rings (SSSR count). The van der Waals surface area contributed by atoms with E-state index in [-0.39, 0.29) is 24.0 Å². The molecule has 2 unspecified atom stereocenters. The number of quaternary nitrogens is 1. The van der Waals surface area contributed by atoms with Gasteiger partial charge < -0.3 is 17.3 Å². The normalized spacial score (nSPS) is 21.4. The van der Waals surface area contributed by atoms with Crippen LogP contribution >= 0.6 is 11.6 Å². The predicted molar refractivity (Wildman–Crippen MR) is 140 cm³/mol. The summed E-state index contributed by atoms with van der Waals surface area (Å²) in [5.74, 6) is 0.945. The second-order valence-corrected chi connectivity index (χ2v) is 10.9. The first-order valence-corrected chi connectivity index (χ1v) is 13.6. The van der Waals surface area contributed by atoms with Crippen molar-refractivity contribution in [1.29, 1.82) is 0 Å². The Morgan fingerprint density at radius 3 is 2.40 bits per heavy atom. The lowest BCUT2D eigenvalue weighted by atomic mass is 9.87. The van der Waals surface area contributed by atoms with E-state index >= 15 is 0 Å². The molecule has 1 saturated heterocycles. The average Bonchev–Trinajstić information content (AvgIpc) is 3.12. The van der Waals surface area contributed by atoms with Crippen molar-refractivity contribution >= 4 is 22.4 Å². The Balaban J connectivity index is 0.00000289. The largest absolute Gasteiger partial charge is 1.00 e. The summed E-state index contributed by atoms with van der Waals surface area (Å²) in [4.78, 5) is 15.2. The number of benzene rings is 2.